The fourth-order valence-electron chi connectivity index (χ4n) is 1.52. The molecule has 0 N–H and O–H groups in total. The van der Waals surface area contributed by atoms with Crippen molar-refractivity contribution in [2.75, 3.05) is 11.9 Å². The average molecular weight is 310 g/mol. The molecule has 2 aromatic rings. The highest BCUT2D eigenvalue weighted by atomic mass is 35.5. The van der Waals surface area contributed by atoms with Gasteiger partial charge < -0.3 is 9.15 Å². The standard InChI is InChI=1S/C14H16ClN3O3/c1-14(2,3)21-13(19)18(4)11-7-10(15)16-12(17-11)9-5-6-20-8-9/h5-8H,1-4H3. The van der Waals surface area contributed by atoms with Crippen LogP contribution in [0.3, 0.4) is 0 Å². The van der Waals surface area contributed by atoms with Crippen LogP contribution in [-0.2, 0) is 4.74 Å². The van der Waals surface area contributed by atoms with Crippen molar-refractivity contribution in [3.05, 3.63) is 29.8 Å². The summed E-state index contributed by atoms with van der Waals surface area (Å²) in [5.41, 5.74) is 0.0894. The van der Waals surface area contributed by atoms with Gasteiger partial charge >= 0.3 is 6.09 Å². The Morgan fingerprint density at radius 3 is 2.67 bits per heavy atom. The number of hydrogen-bond acceptors (Lipinski definition) is 5. The van der Waals surface area contributed by atoms with Gasteiger partial charge in [0.05, 0.1) is 11.8 Å². The van der Waals surface area contributed by atoms with Crippen LogP contribution in [0.4, 0.5) is 10.6 Å². The van der Waals surface area contributed by atoms with Crippen molar-refractivity contribution < 1.29 is 13.9 Å². The first kappa shape index (κ1) is 15.3. The van der Waals surface area contributed by atoms with Crippen LogP contribution in [0.15, 0.2) is 29.1 Å². The maximum Gasteiger partial charge on any atom is 0.415 e. The van der Waals surface area contributed by atoms with E-state index in [1.807, 2.05) is 0 Å². The van der Waals surface area contributed by atoms with E-state index in [9.17, 15) is 4.79 Å². The number of aromatic nitrogens is 2. The van der Waals surface area contributed by atoms with Crippen LogP contribution >= 0.6 is 11.6 Å². The van der Waals surface area contributed by atoms with Gasteiger partial charge in [0.25, 0.3) is 0 Å². The molecule has 21 heavy (non-hydrogen) atoms. The molecule has 0 aromatic carbocycles. The number of carbonyl (C=O) groups excluding carboxylic acids is 1. The number of amides is 1. The highest BCUT2D eigenvalue weighted by molar-refractivity contribution is 6.29. The summed E-state index contributed by atoms with van der Waals surface area (Å²) in [5.74, 6) is 0.724. The van der Waals surface area contributed by atoms with Crippen LogP contribution < -0.4 is 4.90 Å². The van der Waals surface area contributed by atoms with Gasteiger partial charge in [0.15, 0.2) is 5.82 Å². The molecule has 7 heteroatoms. The molecule has 1 amide bonds. The fourth-order valence-corrected chi connectivity index (χ4v) is 1.70. The van der Waals surface area contributed by atoms with Crippen LogP contribution in [-0.4, -0.2) is 28.7 Å². The lowest BCUT2D eigenvalue weighted by Crippen LogP contribution is -2.34. The Balaban J connectivity index is 2.29. The molecule has 0 saturated heterocycles. The Hall–Kier alpha value is -2.08. The zero-order chi connectivity index (χ0) is 15.6. The molecule has 0 aliphatic carbocycles. The van der Waals surface area contributed by atoms with Gasteiger partial charge in [-0.25, -0.2) is 14.8 Å². The number of carbonyl (C=O) groups is 1. The monoisotopic (exact) mass is 309 g/mol. The third kappa shape index (κ3) is 3.95. The van der Waals surface area contributed by atoms with Crippen molar-refractivity contribution >= 4 is 23.5 Å². The predicted molar refractivity (Wildman–Crippen MR) is 79.4 cm³/mol. The Labute approximate surface area is 127 Å². The summed E-state index contributed by atoms with van der Waals surface area (Å²) in [6.45, 7) is 5.38. The van der Waals surface area contributed by atoms with E-state index in [4.69, 9.17) is 20.8 Å². The van der Waals surface area contributed by atoms with Crippen LogP contribution in [0.25, 0.3) is 11.4 Å². The van der Waals surface area contributed by atoms with E-state index in [-0.39, 0.29) is 5.15 Å². The Bertz CT molecular complexity index is 635. The fraction of sp³-hybridized carbons (Fsp3) is 0.357. The summed E-state index contributed by atoms with van der Waals surface area (Å²) in [6.07, 6.45) is 2.50. The Morgan fingerprint density at radius 2 is 2.10 bits per heavy atom. The number of hydrogen-bond donors (Lipinski definition) is 0. The number of anilines is 1. The normalized spacial score (nSPS) is 11.3. The topological polar surface area (TPSA) is 68.5 Å². The minimum Gasteiger partial charge on any atom is -0.472 e. The average Bonchev–Trinajstić information content (AvgIpc) is 2.88. The van der Waals surface area contributed by atoms with Crippen molar-refractivity contribution in [3.63, 3.8) is 0 Å². The van der Waals surface area contributed by atoms with Gasteiger partial charge in [-0.1, -0.05) is 11.6 Å². The minimum absolute atomic E-state index is 0.228. The molecule has 0 aliphatic rings. The maximum atomic E-state index is 12.0. The number of rotatable bonds is 2. The molecule has 2 aromatic heterocycles. The molecular weight excluding hydrogens is 294 g/mol. The van der Waals surface area contributed by atoms with E-state index in [2.05, 4.69) is 9.97 Å². The summed E-state index contributed by atoms with van der Waals surface area (Å²) >= 11 is 5.99. The number of halogens is 1. The van der Waals surface area contributed by atoms with Crippen molar-refractivity contribution in [1.29, 1.82) is 0 Å². The van der Waals surface area contributed by atoms with E-state index in [0.717, 1.165) is 0 Å². The summed E-state index contributed by atoms with van der Waals surface area (Å²) in [4.78, 5) is 21.7. The first-order valence-corrected chi connectivity index (χ1v) is 6.68. The van der Waals surface area contributed by atoms with E-state index in [1.54, 1.807) is 33.9 Å². The third-order valence-corrected chi connectivity index (χ3v) is 2.67. The second kappa shape index (κ2) is 5.73. The molecule has 6 nitrogen and oxygen atoms in total. The van der Waals surface area contributed by atoms with Crippen LogP contribution in [0.1, 0.15) is 20.8 Å². The molecule has 2 rings (SSSR count). The van der Waals surface area contributed by atoms with Gasteiger partial charge in [0.1, 0.15) is 22.8 Å². The van der Waals surface area contributed by atoms with E-state index < -0.39 is 11.7 Å². The van der Waals surface area contributed by atoms with Crippen molar-refractivity contribution in [1.82, 2.24) is 9.97 Å². The quantitative estimate of drug-likeness (QED) is 0.790. The summed E-state index contributed by atoms with van der Waals surface area (Å²) in [7, 11) is 1.56. The van der Waals surface area contributed by atoms with Crippen molar-refractivity contribution in [2.45, 2.75) is 26.4 Å². The van der Waals surface area contributed by atoms with E-state index in [0.29, 0.717) is 17.2 Å². The molecule has 2 heterocycles. The predicted octanol–water partition coefficient (Wildman–Crippen LogP) is 3.76. The number of nitrogens with zero attached hydrogens (tertiary/aromatic N) is 3. The zero-order valence-corrected chi connectivity index (χ0v) is 13.0. The largest absolute Gasteiger partial charge is 0.472 e. The highest BCUT2D eigenvalue weighted by Gasteiger charge is 2.22. The summed E-state index contributed by atoms with van der Waals surface area (Å²) < 4.78 is 10.3. The molecule has 0 radical (unpaired) electrons. The first-order valence-electron chi connectivity index (χ1n) is 6.30. The Morgan fingerprint density at radius 1 is 1.38 bits per heavy atom. The smallest absolute Gasteiger partial charge is 0.415 e. The molecular formula is C14H16ClN3O3. The zero-order valence-electron chi connectivity index (χ0n) is 12.3. The second-order valence-electron chi connectivity index (χ2n) is 5.42. The molecule has 0 bridgehead atoms. The van der Waals surface area contributed by atoms with Gasteiger partial charge in [-0.05, 0) is 26.8 Å². The number of furan rings is 1. The molecule has 0 aliphatic heterocycles. The minimum atomic E-state index is -0.588. The first-order chi connectivity index (χ1) is 9.76. The lowest BCUT2D eigenvalue weighted by molar-refractivity contribution is 0.0588. The summed E-state index contributed by atoms with van der Waals surface area (Å²) in [5, 5.41) is 0.228. The second-order valence-corrected chi connectivity index (χ2v) is 5.81. The molecule has 112 valence electrons. The van der Waals surface area contributed by atoms with Crippen LogP contribution in [0.5, 0.6) is 0 Å². The third-order valence-electron chi connectivity index (χ3n) is 2.47. The lowest BCUT2D eigenvalue weighted by Gasteiger charge is -2.24. The van der Waals surface area contributed by atoms with Gasteiger partial charge in [-0.3, -0.25) is 4.90 Å². The van der Waals surface area contributed by atoms with Gasteiger partial charge in [-0.15, -0.1) is 0 Å². The molecule has 0 saturated carbocycles. The summed E-state index contributed by atoms with van der Waals surface area (Å²) in [6, 6.07) is 3.21. The molecule has 0 spiro atoms. The van der Waals surface area contributed by atoms with Gasteiger partial charge in [-0.2, -0.15) is 0 Å². The van der Waals surface area contributed by atoms with Crippen LogP contribution in [0.2, 0.25) is 5.15 Å². The number of ether oxygens (including phenoxy) is 1. The van der Waals surface area contributed by atoms with Gasteiger partial charge in [0.2, 0.25) is 0 Å². The maximum absolute atomic E-state index is 12.0. The van der Waals surface area contributed by atoms with Gasteiger partial charge in [0, 0.05) is 13.1 Å². The highest BCUT2D eigenvalue weighted by Crippen LogP contribution is 2.23. The van der Waals surface area contributed by atoms with Crippen molar-refractivity contribution in [2.24, 2.45) is 0 Å². The Kier molecular flexibility index (Phi) is 4.18. The van der Waals surface area contributed by atoms with E-state index in [1.165, 1.54) is 23.5 Å². The van der Waals surface area contributed by atoms with Crippen LogP contribution in [0, 0.1) is 0 Å². The molecule has 0 unspecified atom stereocenters. The van der Waals surface area contributed by atoms with E-state index >= 15 is 0 Å². The SMILES string of the molecule is CN(C(=O)OC(C)(C)C)c1cc(Cl)nc(-c2ccoc2)n1. The molecule has 0 fully saturated rings. The van der Waals surface area contributed by atoms with Crippen molar-refractivity contribution in [3.8, 4) is 11.4 Å². The molecule has 0 atom stereocenters. The lowest BCUT2D eigenvalue weighted by atomic mass is 10.2.